The van der Waals surface area contributed by atoms with Crippen molar-refractivity contribution in [3.05, 3.63) is 65.1 Å². The number of nitrogens with zero attached hydrogens (tertiary/aromatic N) is 2. The molecule has 0 atom stereocenters. The molecule has 2 aromatic heterocycles. The van der Waals surface area contributed by atoms with E-state index < -0.39 is 0 Å². The summed E-state index contributed by atoms with van der Waals surface area (Å²) in [7, 11) is 0. The van der Waals surface area contributed by atoms with Crippen molar-refractivity contribution in [2.45, 2.75) is 26.7 Å². The first-order valence-corrected chi connectivity index (χ1v) is 9.23. The fraction of sp³-hybridized carbons (Fsp3) is 0.318. The van der Waals surface area contributed by atoms with E-state index in [1.165, 1.54) is 39.0 Å². The van der Waals surface area contributed by atoms with E-state index in [2.05, 4.69) is 53.7 Å². The maximum Gasteiger partial charge on any atom is 0.0724 e. The third-order valence-corrected chi connectivity index (χ3v) is 5.18. The highest BCUT2D eigenvalue weighted by atomic mass is 16.5. The van der Waals surface area contributed by atoms with Crippen molar-refractivity contribution in [3.63, 3.8) is 0 Å². The van der Waals surface area contributed by atoms with E-state index >= 15 is 0 Å². The summed E-state index contributed by atoms with van der Waals surface area (Å²) < 4.78 is 7.87. The summed E-state index contributed by atoms with van der Waals surface area (Å²) in [6, 6.07) is 8.68. The second-order valence-electron chi connectivity index (χ2n) is 6.92. The van der Waals surface area contributed by atoms with Crippen LogP contribution in [0.3, 0.4) is 0 Å². The SMILES string of the molecule is Cc1ccc(-n2c(C)c(C3=CCOCC3)c3c(CCN)cncc32)cc1. The molecular formula is C22H25N3O. The molecule has 1 aliphatic heterocycles. The van der Waals surface area contributed by atoms with Gasteiger partial charge in [0.2, 0.25) is 0 Å². The van der Waals surface area contributed by atoms with E-state index in [4.69, 9.17) is 10.5 Å². The van der Waals surface area contributed by atoms with Gasteiger partial charge in [-0.05, 0) is 56.5 Å². The van der Waals surface area contributed by atoms with Crippen molar-refractivity contribution in [1.82, 2.24) is 9.55 Å². The third-order valence-electron chi connectivity index (χ3n) is 5.18. The first kappa shape index (κ1) is 17.0. The number of ether oxygens (including phenoxy) is 1. The van der Waals surface area contributed by atoms with Gasteiger partial charge in [0, 0.05) is 28.5 Å². The van der Waals surface area contributed by atoms with E-state index in [9.17, 15) is 0 Å². The standard InChI is InChI=1S/C22H25N3O/c1-15-3-5-19(6-4-15)25-16(2)21(17-8-11-26-12-9-17)22-18(7-10-23)13-24-14-20(22)25/h3-6,8,13-14H,7,9-12,23H2,1-2H3. The van der Waals surface area contributed by atoms with Crippen LogP contribution in [0.25, 0.3) is 22.2 Å². The zero-order chi connectivity index (χ0) is 18.1. The Labute approximate surface area is 154 Å². The van der Waals surface area contributed by atoms with Gasteiger partial charge >= 0.3 is 0 Å². The Kier molecular flexibility index (Phi) is 4.62. The summed E-state index contributed by atoms with van der Waals surface area (Å²) in [6.45, 7) is 6.40. The molecule has 26 heavy (non-hydrogen) atoms. The van der Waals surface area contributed by atoms with Crippen LogP contribution in [0.4, 0.5) is 0 Å². The highest BCUT2D eigenvalue weighted by Crippen LogP contribution is 2.37. The van der Waals surface area contributed by atoms with Gasteiger partial charge in [-0.25, -0.2) is 0 Å². The third kappa shape index (κ3) is 2.85. The Hall–Kier alpha value is -2.43. The van der Waals surface area contributed by atoms with Crippen LogP contribution in [-0.2, 0) is 11.2 Å². The van der Waals surface area contributed by atoms with Crippen LogP contribution in [0.2, 0.25) is 0 Å². The summed E-state index contributed by atoms with van der Waals surface area (Å²) in [4.78, 5) is 4.51. The summed E-state index contributed by atoms with van der Waals surface area (Å²) in [6.07, 6.45) is 7.94. The van der Waals surface area contributed by atoms with Crippen LogP contribution in [0.15, 0.2) is 42.7 Å². The number of aromatic nitrogens is 2. The minimum atomic E-state index is 0.622. The zero-order valence-electron chi connectivity index (χ0n) is 15.5. The second kappa shape index (κ2) is 7.06. The lowest BCUT2D eigenvalue weighted by molar-refractivity contribution is 0.161. The van der Waals surface area contributed by atoms with Gasteiger partial charge in [-0.3, -0.25) is 4.98 Å². The van der Waals surface area contributed by atoms with E-state index in [1.807, 2.05) is 12.4 Å². The first-order chi connectivity index (χ1) is 12.7. The second-order valence-corrected chi connectivity index (χ2v) is 6.92. The summed E-state index contributed by atoms with van der Waals surface area (Å²) >= 11 is 0. The number of pyridine rings is 1. The van der Waals surface area contributed by atoms with Gasteiger partial charge in [-0.2, -0.15) is 0 Å². The van der Waals surface area contributed by atoms with Crippen molar-refractivity contribution in [3.8, 4) is 5.69 Å². The van der Waals surface area contributed by atoms with Gasteiger partial charge < -0.3 is 15.0 Å². The lowest BCUT2D eigenvalue weighted by Gasteiger charge is -2.15. The molecule has 134 valence electrons. The fourth-order valence-electron chi connectivity index (χ4n) is 3.94. The normalized spacial score (nSPS) is 14.7. The van der Waals surface area contributed by atoms with Gasteiger partial charge in [-0.1, -0.05) is 23.8 Å². The molecule has 3 aromatic rings. The predicted molar refractivity (Wildman–Crippen MR) is 107 cm³/mol. The van der Waals surface area contributed by atoms with Crippen molar-refractivity contribution < 1.29 is 4.74 Å². The van der Waals surface area contributed by atoms with Crippen LogP contribution in [0.1, 0.15) is 28.8 Å². The molecule has 1 aliphatic rings. The van der Waals surface area contributed by atoms with E-state index in [-0.39, 0.29) is 0 Å². The number of hydrogen-bond acceptors (Lipinski definition) is 3. The topological polar surface area (TPSA) is 53.1 Å². The quantitative estimate of drug-likeness (QED) is 0.777. The highest BCUT2D eigenvalue weighted by Gasteiger charge is 2.21. The maximum atomic E-state index is 5.88. The Morgan fingerprint density at radius 1 is 1.15 bits per heavy atom. The largest absolute Gasteiger partial charge is 0.377 e. The molecule has 0 bridgehead atoms. The van der Waals surface area contributed by atoms with Gasteiger partial charge in [-0.15, -0.1) is 0 Å². The van der Waals surface area contributed by atoms with Gasteiger partial charge in [0.05, 0.1) is 24.9 Å². The minimum Gasteiger partial charge on any atom is -0.377 e. The average molecular weight is 347 g/mol. The van der Waals surface area contributed by atoms with Gasteiger partial charge in [0.1, 0.15) is 0 Å². The number of nitrogens with two attached hydrogens (primary N) is 1. The number of aryl methyl sites for hydroxylation is 1. The lowest BCUT2D eigenvalue weighted by atomic mass is 9.96. The predicted octanol–water partition coefficient (Wildman–Crippen LogP) is 3.95. The number of rotatable bonds is 4. The van der Waals surface area contributed by atoms with Crippen LogP contribution < -0.4 is 5.73 Å². The summed E-state index contributed by atoms with van der Waals surface area (Å²) in [5.41, 5.74) is 14.6. The zero-order valence-corrected chi connectivity index (χ0v) is 15.5. The van der Waals surface area contributed by atoms with E-state index in [1.54, 1.807) is 0 Å². The van der Waals surface area contributed by atoms with Crippen LogP contribution in [0.5, 0.6) is 0 Å². The molecule has 0 saturated heterocycles. The van der Waals surface area contributed by atoms with Crippen LogP contribution in [-0.4, -0.2) is 29.3 Å². The molecule has 4 nitrogen and oxygen atoms in total. The molecule has 0 aliphatic carbocycles. The van der Waals surface area contributed by atoms with Crippen molar-refractivity contribution >= 4 is 16.5 Å². The van der Waals surface area contributed by atoms with Crippen LogP contribution >= 0.6 is 0 Å². The lowest BCUT2D eigenvalue weighted by Crippen LogP contribution is -2.06. The molecule has 1 aromatic carbocycles. The summed E-state index contributed by atoms with van der Waals surface area (Å²) in [5, 5.41) is 1.29. The first-order valence-electron chi connectivity index (χ1n) is 9.23. The molecule has 4 heteroatoms. The van der Waals surface area contributed by atoms with Crippen molar-refractivity contribution in [2.24, 2.45) is 5.73 Å². The van der Waals surface area contributed by atoms with Gasteiger partial charge in [0.15, 0.2) is 0 Å². The number of hydrogen-bond donors (Lipinski definition) is 1. The van der Waals surface area contributed by atoms with E-state index in [0.29, 0.717) is 13.2 Å². The fourth-order valence-corrected chi connectivity index (χ4v) is 3.94. The molecule has 0 fully saturated rings. The molecule has 2 N–H and O–H groups in total. The molecule has 0 spiro atoms. The Morgan fingerprint density at radius 2 is 1.96 bits per heavy atom. The molecule has 0 amide bonds. The van der Waals surface area contributed by atoms with Crippen LogP contribution in [0, 0.1) is 13.8 Å². The number of benzene rings is 1. The Balaban J connectivity index is 2.04. The maximum absolute atomic E-state index is 5.88. The smallest absolute Gasteiger partial charge is 0.0724 e. The molecular weight excluding hydrogens is 322 g/mol. The molecule has 3 heterocycles. The molecule has 0 radical (unpaired) electrons. The molecule has 0 saturated carbocycles. The Morgan fingerprint density at radius 3 is 2.65 bits per heavy atom. The highest BCUT2D eigenvalue weighted by molar-refractivity contribution is 5.98. The van der Waals surface area contributed by atoms with Crippen molar-refractivity contribution in [2.75, 3.05) is 19.8 Å². The minimum absolute atomic E-state index is 0.622. The van der Waals surface area contributed by atoms with Crippen molar-refractivity contribution in [1.29, 1.82) is 0 Å². The monoisotopic (exact) mass is 347 g/mol. The van der Waals surface area contributed by atoms with E-state index in [0.717, 1.165) is 25.0 Å². The number of fused-ring (bicyclic) bond motifs is 1. The Bertz CT molecular complexity index is 967. The average Bonchev–Trinajstić information content (AvgIpc) is 2.96. The summed E-state index contributed by atoms with van der Waals surface area (Å²) in [5.74, 6) is 0. The molecule has 4 rings (SSSR count). The molecule has 0 unspecified atom stereocenters. The van der Waals surface area contributed by atoms with Gasteiger partial charge in [0.25, 0.3) is 0 Å².